The zero-order valence-electron chi connectivity index (χ0n) is 9.69. The molecule has 1 heterocycles. The highest BCUT2D eigenvalue weighted by Gasteiger charge is 2.05. The molecule has 90 valence electrons. The molecule has 0 fully saturated rings. The smallest absolute Gasteiger partial charge is 0.0971 e. The highest BCUT2D eigenvalue weighted by molar-refractivity contribution is 9.10. The normalized spacial score (nSPS) is 12.6. The van der Waals surface area contributed by atoms with Gasteiger partial charge in [0.15, 0.2) is 0 Å². The number of hydrogen-bond acceptors (Lipinski definition) is 3. The second kappa shape index (κ2) is 5.76. The van der Waals surface area contributed by atoms with E-state index in [0.29, 0.717) is 0 Å². The van der Waals surface area contributed by atoms with E-state index in [1.807, 2.05) is 13.1 Å². The largest absolute Gasteiger partial charge is 0.328 e. The molecule has 1 unspecified atom stereocenters. The Bertz CT molecular complexity index is 476. The number of aromatic nitrogens is 1. The van der Waals surface area contributed by atoms with Gasteiger partial charge in [0.1, 0.15) is 0 Å². The van der Waals surface area contributed by atoms with Crippen LogP contribution in [0.1, 0.15) is 22.4 Å². The van der Waals surface area contributed by atoms with E-state index in [2.05, 4.69) is 45.2 Å². The van der Waals surface area contributed by atoms with E-state index in [-0.39, 0.29) is 6.04 Å². The van der Waals surface area contributed by atoms with Gasteiger partial charge in [-0.3, -0.25) is 0 Å². The minimum Gasteiger partial charge on any atom is -0.328 e. The predicted octanol–water partition coefficient (Wildman–Crippen LogP) is 3.39. The lowest BCUT2D eigenvalue weighted by atomic mass is 10.2. The van der Waals surface area contributed by atoms with Crippen LogP contribution in [0.2, 0.25) is 0 Å². The van der Waals surface area contributed by atoms with E-state index in [1.54, 1.807) is 11.3 Å². The summed E-state index contributed by atoms with van der Waals surface area (Å²) in [6.07, 6.45) is 3.76. The van der Waals surface area contributed by atoms with Crippen LogP contribution in [0.5, 0.6) is 0 Å². The Hall–Kier alpha value is -0.710. The van der Waals surface area contributed by atoms with Crippen LogP contribution >= 0.6 is 27.3 Å². The molecular weight excluding hydrogens is 296 g/mol. The number of benzene rings is 1. The van der Waals surface area contributed by atoms with Gasteiger partial charge in [-0.15, -0.1) is 11.3 Å². The number of thiazole rings is 1. The van der Waals surface area contributed by atoms with Crippen LogP contribution < -0.4 is 5.73 Å². The summed E-state index contributed by atoms with van der Waals surface area (Å²) in [7, 11) is 0. The van der Waals surface area contributed by atoms with Crippen molar-refractivity contribution >= 4 is 27.3 Å². The molecule has 2 aromatic rings. The van der Waals surface area contributed by atoms with Gasteiger partial charge < -0.3 is 5.73 Å². The molecule has 1 atom stereocenters. The van der Waals surface area contributed by atoms with Gasteiger partial charge in [0.05, 0.1) is 5.01 Å². The Kier molecular flexibility index (Phi) is 4.31. The van der Waals surface area contributed by atoms with Crippen molar-refractivity contribution in [3.8, 4) is 0 Å². The summed E-state index contributed by atoms with van der Waals surface area (Å²) < 4.78 is 1.11. The van der Waals surface area contributed by atoms with E-state index in [0.717, 1.165) is 22.3 Å². The third-order valence-electron chi connectivity index (χ3n) is 2.39. The van der Waals surface area contributed by atoms with Gasteiger partial charge in [0.25, 0.3) is 0 Å². The Morgan fingerprint density at radius 2 is 2.06 bits per heavy atom. The Morgan fingerprint density at radius 3 is 2.71 bits per heavy atom. The zero-order chi connectivity index (χ0) is 12.3. The van der Waals surface area contributed by atoms with E-state index in [1.165, 1.54) is 10.4 Å². The molecule has 0 spiro atoms. The molecule has 0 saturated carbocycles. The van der Waals surface area contributed by atoms with Crippen LogP contribution in [0, 0.1) is 0 Å². The highest BCUT2D eigenvalue weighted by Crippen LogP contribution is 2.19. The quantitative estimate of drug-likeness (QED) is 0.940. The van der Waals surface area contributed by atoms with Crippen LogP contribution in [0.4, 0.5) is 0 Å². The van der Waals surface area contributed by atoms with E-state index in [9.17, 15) is 0 Å². The summed E-state index contributed by atoms with van der Waals surface area (Å²) in [4.78, 5) is 5.71. The summed E-state index contributed by atoms with van der Waals surface area (Å²) in [5.41, 5.74) is 7.06. The predicted molar refractivity (Wildman–Crippen MR) is 76.4 cm³/mol. The van der Waals surface area contributed by atoms with Gasteiger partial charge in [0, 0.05) is 28.0 Å². The molecule has 4 heteroatoms. The first-order valence-corrected chi connectivity index (χ1v) is 7.18. The number of halogens is 1. The van der Waals surface area contributed by atoms with E-state index < -0.39 is 0 Å². The lowest BCUT2D eigenvalue weighted by molar-refractivity contribution is 0.745. The third-order valence-corrected chi connectivity index (χ3v) is 3.94. The van der Waals surface area contributed by atoms with Crippen molar-refractivity contribution < 1.29 is 0 Å². The van der Waals surface area contributed by atoms with Gasteiger partial charge in [-0.1, -0.05) is 28.1 Å². The van der Waals surface area contributed by atoms with Crippen molar-refractivity contribution in [2.24, 2.45) is 5.73 Å². The van der Waals surface area contributed by atoms with Gasteiger partial charge in [-0.25, -0.2) is 4.98 Å². The van der Waals surface area contributed by atoms with Crippen LogP contribution in [0.15, 0.2) is 34.9 Å². The highest BCUT2D eigenvalue weighted by atomic mass is 79.9. The average Bonchev–Trinajstić information content (AvgIpc) is 2.68. The lowest BCUT2D eigenvalue weighted by Gasteiger charge is -2.00. The van der Waals surface area contributed by atoms with Crippen molar-refractivity contribution in [1.82, 2.24) is 4.98 Å². The topological polar surface area (TPSA) is 38.9 Å². The van der Waals surface area contributed by atoms with Gasteiger partial charge in [0.2, 0.25) is 0 Å². The maximum Gasteiger partial charge on any atom is 0.0971 e. The molecule has 0 aliphatic heterocycles. The van der Waals surface area contributed by atoms with Crippen molar-refractivity contribution in [2.45, 2.75) is 25.8 Å². The minimum atomic E-state index is 0.205. The van der Waals surface area contributed by atoms with Gasteiger partial charge >= 0.3 is 0 Å². The Morgan fingerprint density at radius 1 is 1.35 bits per heavy atom. The first-order chi connectivity index (χ1) is 8.13. The van der Waals surface area contributed by atoms with Crippen LogP contribution in [-0.4, -0.2) is 11.0 Å². The molecule has 0 bridgehead atoms. The molecule has 0 saturated heterocycles. The van der Waals surface area contributed by atoms with Crippen molar-refractivity contribution in [2.75, 3.05) is 0 Å². The van der Waals surface area contributed by atoms with Crippen LogP contribution in [0.25, 0.3) is 0 Å². The van der Waals surface area contributed by atoms with Crippen molar-refractivity contribution in [3.63, 3.8) is 0 Å². The number of rotatable bonds is 4. The van der Waals surface area contributed by atoms with Gasteiger partial charge in [-0.05, 0) is 31.0 Å². The van der Waals surface area contributed by atoms with E-state index >= 15 is 0 Å². The molecule has 0 aliphatic rings. The minimum absolute atomic E-state index is 0.205. The summed E-state index contributed by atoms with van der Waals surface area (Å²) in [5, 5.41) is 1.16. The maximum atomic E-state index is 5.78. The fraction of sp³-hybridized carbons (Fsp3) is 0.308. The molecule has 0 radical (unpaired) electrons. The number of nitrogens with two attached hydrogens (primary N) is 1. The average molecular weight is 311 g/mol. The molecule has 2 nitrogen and oxygen atoms in total. The molecule has 2 rings (SSSR count). The Labute approximate surface area is 114 Å². The standard InChI is InChI=1S/C13H15BrN2S/c1-9(15)6-12-8-16-13(17-12)7-10-2-4-11(14)5-3-10/h2-5,8-9H,6-7,15H2,1H3. The summed E-state index contributed by atoms with van der Waals surface area (Å²) in [5.74, 6) is 0. The summed E-state index contributed by atoms with van der Waals surface area (Å²) in [6, 6.07) is 8.57. The maximum absolute atomic E-state index is 5.78. The SMILES string of the molecule is CC(N)Cc1cnc(Cc2ccc(Br)cc2)s1. The lowest BCUT2D eigenvalue weighted by Crippen LogP contribution is -2.16. The molecule has 0 aliphatic carbocycles. The second-order valence-corrected chi connectivity index (χ2v) is 6.32. The van der Waals surface area contributed by atoms with Crippen molar-refractivity contribution in [3.05, 3.63) is 50.4 Å². The summed E-state index contributed by atoms with van der Waals surface area (Å²) >= 11 is 5.19. The molecule has 17 heavy (non-hydrogen) atoms. The zero-order valence-corrected chi connectivity index (χ0v) is 12.1. The molecule has 2 N–H and O–H groups in total. The second-order valence-electron chi connectivity index (χ2n) is 4.20. The van der Waals surface area contributed by atoms with Crippen LogP contribution in [-0.2, 0) is 12.8 Å². The van der Waals surface area contributed by atoms with Crippen molar-refractivity contribution in [1.29, 1.82) is 0 Å². The third kappa shape index (κ3) is 3.91. The number of nitrogens with zero attached hydrogens (tertiary/aromatic N) is 1. The molecule has 1 aromatic heterocycles. The first-order valence-electron chi connectivity index (χ1n) is 5.57. The van der Waals surface area contributed by atoms with Gasteiger partial charge in [-0.2, -0.15) is 0 Å². The molecule has 1 aromatic carbocycles. The monoisotopic (exact) mass is 310 g/mol. The first kappa shape index (κ1) is 12.7. The molecular formula is C13H15BrN2S. The fourth-order valence-electron chi connectivity index (χ4n) is 1.62. The fourth-order valence-corrected chi connectivity index (χ4v) is 2.98. The summed E-state index contributed by atoms with van der Waals surface area (Å²) in [6.45, 7) is 2.02. The number of hydrogen-bond donors (Lipinski definition) is 1. The van der Waals surface area contributed by atoms with Crippen LogP contribution in [0.3, 0.4) is 0 Å². The molecule has 0 amide bonds. The Balaban J connectivity index is 2.03. The van der Waals surface area contributed by atoms with E-state index in [4.69, 9.17) is 5.73 Å².